The number of alkyl halides is 2. The fraction of sp³-hybridized carbons (Fsp3) is 0.846. The third-order valence-corrected chi connectivity index (χ3v) is 3.65. The van der Waals surface area contributed by atoms with Gasteiger partial charge in [0.25, 0.3) is 6.43 Å². The average Bonchev–Trinajstić information content (AvgIpc) is 2.69. The van der Waals surface area contributed by atoms with E-state index in [1.165, 1.54) is 0 Å². The fourth-order valence-electron chi connectivity index (χ4n) is 2.54. The van der Waals surface area contributed by atoms with Crippen LogP contribution in [0.4, 0.5) is 8.78 Å². The van der Waals surface area contributed by atoms with Crippen molar-refractivity contribution in [2.45, 2.75) is 56.9 Å². The Kier molecular flexibility index (Phi) is 7.35. The highest BCUT2D eigenvalue weighted by Crippen LogP contribution is 2.27. The smallest absolute Gasteiger partial charge is 0.261 e. The van der Waals surface area contributed by atoms with Crippen molar-refractivity contribution in [3.8, 4) is 0 Å². The largest absolute Gasteiger partial charge is 0.409 e. The summed E-state index contributed by atoms with van der Waals surface area (Å²) in [7, 11) is 0. The van der Waals surface area contributed by atoms with Crippen molar-refractivity contribution in [2.24, 2.45) is 10.9 Å². The summed E-state index contributed by atoms with van der Waals surface area (Å²) in [5.41, 5.74) is 4.91. The molecule has 1 saturated carbocycles. The minimum absolute atomic E-state index is 0.00810. The number of carbonyl (C=O) groups excluding carboxylic acids is 1. The fourth-order valence-corrected chi connectivity index (χ4v) is 2.54. The molecule has 0 aromatic rings. The second kappa shape index (κ2) is 8.76. The highest BCUT2D eigenvalue weighted by Gasteiger charge is 2.36. The molecule has 0 aromatic heterocycles. The predicted octanol–water partition coefficient (Wildman–Crippen LogP) is 1.61. The molecule has 0 spiro atoms. The number of hydrogen-bond acceptors (Lipinski definition) is 4. The molecule has 1 rings (SSSR count). The Morgan fingerprint density at radius 3 is 2.48 bits per heavy atom. The maximum absolute atomic E-state index is 11.9. The second-order valence-corrected chi connectivity index (χ2v) is 5.25. The molecular weight excluding hydrogens is 284 g/mol. The minimum atomic E-state index is -2.54. The van der Waals surface area contributed by atoms with E-state index >= 15 is 0 Å². The molecule has 0 bridgehead atoms. The summed E-state index contributed by atoms with van der Waals surface area (Å²) < 4.78 is 28.5. The van der Waals surface area contributed by atoms with Crippen LogP contribution in [0.15, 0.2) is 5.16 Å². The van der Waals surface area contributed by atoms with Gasteiger partial charge in [-0.3, -0.25) is 4.79 Å². The number of nitrogens with one attached hydrogen (secondary N) is 1. The Morgan fingerprint density at radius 1 is 1.33 bits per heavy atom. The van der Waals surface area contributed by atoms with E-state index in [-0.39, 0.29) is 24.8 Å². The molecule has 0 atom stereocenters. The molecule has 1 aliphatic rings. The molecule has 8 heteroatoms. The number of halogens is 2. The van der Waals surface area contributed by atoms with Crippen LogP contribution in [0.1, 0.15) is 44.9 Å². The monoisotopic (exact) mass is 307 g/mol. The van der Waals surface area contributed by atoms with E-state index in [1.807, 2.05) is 0 Å². The Bertz CT molecular complexity index is 357. The lowest BCUT2D eigenvalue weighted by Gasteiger charge is -2.32. The van der Waals surface area contributed by atoms with Crippen LogP contribution in [0.25, 0.3) is 0 Å². The molecule has 4 N–H and O–H groups in total. The lowest BCUT2D eigenvalue weighted by atomic mass is 9.88. The molecule has 1 amide bonds. The molecule has 0 aliphatic heterocycles. The standard InChI is InChI=1S/C13H23F2N3O3/c14-10(15)9-21-8-5-11(19)17-13(12(16)18-20)6-3-1-2-4-7-13/h10,20H,1-9H2,(H2,16,18)(H,17,19). The maximum Gasteiger partial charge on any atom is 0.261 e. The zero-order valence-corrected chi connectivity index (χ0v) is 12.0. The van der Waals surface area contributed by atoms with E-state index in [0.29, 0.717) is 12.8 Å². The molecular formula is C13H23F2N3O3. The molecule has 1 fully saturated rings. The van der Waals surface area contributed by atoms with Gasteiger partial charge in [-0.2, -0.15) is 0 Å². The molecule has 0 radical (unpaired) electrons. The van der Waals surface area contributed by atoms with Crippen molar-refractivity contribution in [3.63, 3.8) is 0 Å². The molecule has 0 saturated heterocycles. The number of nitrogens with zero attached hydrogens (tertiary/aromatic N) is 1. The van der Waals surface area contributed by atoms with Gasteiger partial charge in [-0.25, -0.2) is 8.78 Å². The third-order valence-electron chi connectivity index (χ3n) is 3.65. The average molecular weight is 307 g/mol. The normalized spacial score (nSPS) is 19.3. The highest BCUT2D eigenvalue weighted by atomic mass is 19.3. The number of hydrogen-bond donors (Lipinski definition) is 3. The van der Waals surface area contributed by atoms with Crippen LogP contribution in [0.3, 0.4) is 0 Å². The van der Waals surface area contributed by atoms with Crippen molar-refractivity contribution in [2.75, 3.05) is 13.2 Å². The minimum Gasteiger partial charge on any atom is -0.409 e. The first-order valence-corrected chi connectivity index (χ1v) is 7.15. The number of nitrogens with two attached hydrogens (primary N) is 1. The van der Waals surface area contributed by atoms with Gasteiger partial charge in [-0.15, -0.1) is 0 Å². The number of rotatable bonds is 7. The van der Waals surface area contributed by atoms with Crippen LogP contribution in [0.5, 0.6) is 0 Å². The van der Waals surface area contributed by atoms with Crippen molar-refractivity contribution >= 4 is 11.7 Å². The van der Waals surface area contributed by atoms with E-state index in [2.05, 4.69) is 15.2 Å². The molecule has 0 aromatic carbocycles. The zero-order valence-electron chi connectivity index (χ0n) is 12.0. The summed E-state index contributed by atoms with van der Waals surface area (Å²) in [6, 6.07) is 0. The third kappa shape index (κ3) is 5.82. The first-order valence-electron chi connectivity index (χ1n) is 7.15. The summed E-state index contributed by atoms with van der Waals surface area (Å²) in [6.45, 7) is -0.763. The van der Waals surface area contributed by atoms with Crippen LogP contribution in [0, 0.1) is 0 Å². The molecule has 21 heavy (non-hydrogen) atoms. The van der Waals surface area contributed by atoms with Gasteiger partial charge < -0.3 is 21.0 Å². The van der Waals surface area contributed by atoms with Gasteiger partial charge in [-0.05, 0) is 12.8 Å². The van der Waals surface area contributed by atoms with E-state index in [4.69, 9.17) is 10.9 Å². The van der Waals surface area contributed by atoms with E-state index in [9.17, 15) is 13.6 Å². The van der Waals surface area contributed by atoms with Crippen molar-refractivity contribution in [3.05, 3.63) is 0 Å². The van der Waals surface area contributed by atoms with Crippen LogP contribution >= 0.6 is 0 Å². The Labute approximate surface area is 122 Å². The first-order chi connectivity index (χ1) is 10.00. The zero-order chi connectivity index (χ0) is 15.7. The summed E-state index contributed by atoms with van der Waals surface area (Å²) >= 11 is 0. The predicted molar refractivity (Wildman–Crippen MR) is 73.4 cm³/mol. The van der Waals surface area contributed by atoms with Crippen LogP contribution in [0.2, 0.25) is 0 Å². The van der Waals surface area contributed by atoms with Gasteiger partial charge in [0, 0.05) is 6.42 Å². The summed E-state index contributed by atoms with van der Waals surface area (Å²) in [6.07, 6.45) is 2.45. The van der Waals surface area contributed by atoms with E-state index in [0.717, 1.165) is 25.7 Å². The van der Waals surface area contributed by atoms with Gasteiger partial charge in [-0.1, -0.05) is 30.8 Å². The molecule has 6 nitrogen and oxygen atoms in total. The highest BCUT2D eigenvalue weighted by molar-refractivity contribution is 5.93. The summed E-state index contributed by atoms with van der Waals surface area (Å²) in [5.74, 6) is -0.357. The summed E-state index contributed by atoms with van der Waals surface area (Å²) in [4.78, 5) is 11.9. The maximum atomic E-state index is 11.9. The van der Waals surface area contributed by atoms with Gasteiger partial charge in [0.15, 0.2) is 5.84 Å². The van der Waals surface area contributed by atoms with Gasteiger partial charge in [0.2, 0.25) is 5.91 Å². The number of ether oxygens (including phenoxy) is 1. The molecule has 1 aliphatic carbocycles. The van der Waals surface area contributed by atoms with E-state index < -0.39 is 18.6 Å². The van der Waals surface area contributed by atoms with Crippen LogP contribution in [-0.4, -0.2) is 42.1 Å². The van der Waals surface area contributed by atoms with Gasteiger partial charge in [0.1, 0.15) is 12.1 Å². The Morgan fingerprint density at radius 2 is 1.95 bits per heavy atom. The Balaban J connectivity index is 2.54. The Hall–Kier alpha value is -1.44. The number of amides is 1. The SMILES string of the molecule is NC(=NO)C1(NC(=O)CCOCC(F)F)CCCCCC1. The van der Waals surface area contributed by atoms with Crippen LogP contribution in [-0.2, 0) is 9.53 Å². The van der Waals surface area contributed by atoms with Gasteiger partial charge >= 0.3 is 0 Å². The lowest BCUT2D eigenvalue weighted by Crippen LogP contribution is -2.57. The molecule has 0 unspecified atom stereocenters. The van der Waals surface area contributed by atoms with Crippen molar-refractivity contribution < 1.29 is 23.5 Å². The number of oxime groups is 1. The quantitative estimate of drug-likeness (QED) is 0.166. The second-order valence-electron chi connectivity index (χ2n) is 5.25. The number of carbonyl (C=O) groups is 1. The van der Waals surface area contributed by atoms with Crippen molar-refractivity contribution in [1.82, 2.24) is 5.32 Å². The summed E-state index contributed by atoms with van der Waals surface area (Å²) in [5, 5.41) is 14.8. The van der Waals surface area contributed by atoms with Gasteiger partial charge in [0.05, 0.1) is 6.61 Å². The van der Waals surface area contributed by atoms with Crippen LogP contribution < -0.4 is 11.1 Å². The molecule has 122 valence electrons. The lowest BCUT2D eigenvalue weighted by molar-refractivity contribution is -0.124. The van der Waals surface area contributed by atoms with E-state index in [1.54, 1.807) is 0 Å². The first kappa shape index (κ1) is 17.6. The number of amidine groups is 1. The topological polar surface area (TPSA) is 96.9 Å². The molecule has 0 heterocycles. The van der Waals surface area contributed by atoms with Crippen molar-refractivity contribution in [1.29, 1.82) is 0 Å².